The molecular weight excluding hydrogens is 342 g/mol. The number of hydrogen-bond acceptors (Lipinski definition) is 4. The highest BCUT2D eigenvalue weighted by Crippen LogP contribution is 2.23. The fourth-order valence-corrected chi connectivity index (χ4v) is 3.60. The van der Waals surface area contributed by atoms with Gasteiger partial charge in [-0.2, -0.15) is 5.10 Å². The van der Waals surface area contributed by atoms with Gasteiger partial charge in [-0.05, 0) is 18.4 Å². The van der Waals surface area contributed by atoms with Gasteiger partial charge in [0.2, 0.25) is 0 Å². The molecule has 1 amide bonds. The zero-order valence-electron chi connectivity index (χ0n) is 16.6. The molecule has 0 spiro atoms. The molecule has 2 heterocycles. The first-order valence-corrected chi connectivity index (χ1v) is 9.83. The van der Waals surface area contributed by atoms with E-state index in [9.17, 15) is 9.59 Å². The predicted molar refractivity (Wildman–Crippen MR) is 106 cm³/mol. The molecule has 0 unspecified atom stereocenters. The van der Waals surface area contributed by atoms with Crippen LogP contribution in [0.4, 0.5) is 0 Å². The van der Waals surface area contributed by atoms with Crippen LogP contribution in [0, 0.1) is 5.92 Å². The minimum atomic E-state index is -0.190. The summed E-state index contributed by atoms with van der Waals surface area (Å²) in [6.07, 6.45) is 3.20. The highest BCUT2D eigenvalue weighted by molar-refractivity contribution is 6.04. The van der Waals surface area contributed by atoms with Crippen molar-refractivity contribution in [2.24, 2.45) is 13.0 Å². The third-order valence-corrected chi connectivity index (χ3v) is 5.26. The first kappa shape index (κ1) is 19.5. The Kier molecular flexibility index (Phi) is 5.95. The molecule has 0 radical (unpaired) electrons. The summed E-state index contributed by atoms with van der Waals surface area (Å²) >= 11 is 0. The molecule has 27 heavy (non-hydrogen) atoms. The van der Waals surface area contributed by atoms with Crippen molar-refractivity contribution in [3.8, 4) is 0 Å². The molecule has 1 fully saturated rings. The first-order chi connectivity index (χ1) is 12.9. The lowest BCUT2D eigenvalue weighted by Gasteiger charge is -2.40. The Morgan fingerprint density at radius 1 is 1.26 bits per heavy atom. The first-order valence-electron chi connectivity index (χ1n) is 9.83. The van der Waals surface area contributed by atoms with Crippen molar-refractivity contribution in [1.82, 2.24) is 14.7 Å². The Labute approximate surface area is 160 Å². The standard InChI is InChI=1S/C21H29N3O3/c1-5-6-9-15-12-24(13-18(27-15)14(2)3)21(26)19-16-10-7-8-11-17(16)20(25)23(4)22-19/h7-8,10-11,14-15,18H,5-6,9,12-13H2,1-4H3/t15-,18-/m1/s1. The number of amides is 1. The second-order valence-corrected chi connectivity index (χ2v) is 7.72. The molecule has 1 saturated heterocycles. The number of aromatic nitrogens is 2. The lowest BCUT2D eigenvalue weighted by atomic mass is 10.0. The van der Waals surface area contributed by atoms with Gasteiger partial charge in [0.05, 0.1) is 17.6 Å². The van der Waals surface area contributed by atoms with Crippen LogP contribution in [0.1, 0.15) is 50.5 Å². The van der Waals surface area contributed by atoms with Crippen LogP contribution in [0.25, 0.3) is 10.8 Å². The van der Waals surface area contributed by atoms with E-state index in [4.69, 9.17) is 4.74 Å². The van der Waals surface area contributed by atoms with Crippen LogP contribution in [0.3, 0.4) is 0 Å². The third kappa shape index (κ3) is 4.05. The Hall–Kier alpha value is -2.21. The fourth-order valence-electron chi connectivity index (χ4n) is 3.60. The van der Waals surface area contributed by atoms with Crippen LogP contribution in [0.5, 0.6) is 0 Å². The van der Waals surface area contributed by atoms with Crippen molar-refractivity contribution in [2.75, 3.05) is 13.1 Å². The third-order valence-electron chi connectivity index (χ3n) is 5.26. The lowest BCUT2D eigenvalue weighted by Crippen LogP contribution is -2.52. The number of aryl methyl sites for hydroxylation is 1. The lowest BCUT2D eigenvalue weighted by molar-refractivity contribution is -0.0963. The zero-order valence-corrected chi connectivity index (χ0v) is 16.6. The molecule has 0 N–H and O–H groups in total. The van der Waals surface area contributed by atoms with E-state index >= 15 is 0 Å². The van der Waals surface area contributed by atoms with E-state index in [0.717, 1.165) is 19.3 Å². The van der Waals surface area contributed by atoms with E-state index in [1.54, 1.807) is 19.2 Å². The Morgan fingerprint density at radius 3 is 2.63 bits per heavy atom. The van der Waals surface area contributed by atoms with Gasteiger partial charge >= 0.3 is 0 Å². The van der Waals surface area contributed by atoms with Crippen LogP contribution >= 0.6 is 0 Å². The number of nitrogens with zero attached hydrogens (tertiary/aromatic N) is 3. The molecule has 1 aliphatic heterocycles. The van der Waals surface area contributed by atoms with Crippen molar-refractivity contribution in [3.63, 3.8) is 0 Å². The summed E-state index contributed by atoms with van der Waals surface area (Å²) in [5, 5.41) is 5.44. The van der Waals surface area contributed by atoms with Crippen molar-refractivity contribution in [2.45, 2.75) is 52.2 Å². The van der Waals surface area contributed by atoms with Crippen LogP contribution in [-0.2, 0) is 11.8 Å². The van der Waals surface area contributed by atoms with E-state index in [2.05, 4.69) is 25.9 Å². The summed E-state index contributed by atoms with van der Waals surface area (Å²) in [7, 11) is 1.59. The van der Waals surface area contributed by atoms with Crippen LogP contribution in [-0.4, -0.2) is 45.9 Å². The maximum absolute atomic E-state index is 13.4. The number of unbranched alkanes of at least 4 members (excludes halogenated alkanes) is 1. The Balaban J connectivity index is 1.95. The molecule has 146 valence electrons. The van der Waals surface area contributed by atoms with E-state index in [1.165, 1.54) is 4.68 Å². The summed E-state index contributed by atoms with van der Waals surface area (Å²) in [6, 6.07) is 7.19. The molecule has 2 aromatic rings. The van der Waals surface area contributed by atoms with Crippen LogP contribution < -0.4 is 5.56 Å². The summed E-state index contributed by atoms with van der Waals surface area (Å²) in [4.78, 5) is 27.6. The highest BCUT2D eigenvalue weighted by atomic mass is 16.5. The molecule has 3 rings (SSSR count). The summed E-state index contributed by atoms with van der Waals surface area (Å²) in [6.45, 7) is 7.52. The molecule has 6 nitrogen and oxygen atoms in total. The molecule has 1 aliphatic rings. The van der Waals surface area contributed by atoms with Gasteiger partial charge < -0.3 is 9.64 Å². The highest BCUT2D eigenvalue weighted by Gasteiger charge is 2.33. The van der Waals surface area contributed by atoms with Gasteiger partial charge in [-0.1, -0.05) is 51.8 Å². The largest absolute Gasteiger partial charge is 0.371 e. The second-order valence-electron chi connectivity index (χ2n) is 7.72. The molecular formula is C21H29N3O3. The Bertz CT molecular complexity index is 875. The van der Waals surface area contributed by atoms with E-state index in [0.29, 0.717) is 35.5 Å². The molecule has 2 atom stereocenters. The Morgan fingerprint density at radius 2 is 1.96 bits per heavy atom. The molecule has 1 aromatic heterocycles. The van der Waals surface area contributed by atoms with Crippen LogP contribution in [0.15, 0.2) is 29.1 Å². The predicted octanol–water partition coefficient (Wildman–Crippen LogP) is 2.99. The summed E-state index contributed by atoms with van der Waals surface area (Å²) in [5.41, 5.74) is 0.149. The van der Waals surface area contributed by atoms with Gasteiger partial charge in [0.1, 0.15) is 0 Å². The van der Waals surface area contributed by atoms with Gasteiger partial charge in [-0.25, -0.2) is 4.68 Å². The molecule has 6 heteroatoms. The van der Waals surface area contributed by atoms with Crippen molar-refractivity contribution in [1.29, 1.82) is 0 Å². The van der Waals surface area contributed by atoms with Gasteiger partial charge in [-0.15, -0.1) is 0 Å². The normalized spacial score (nSPS) is 20.4. The maximum atomic E-state index is 13.4. The topological polar surface area (TPSA) is 64.4 Å². The molecule has 0 saturated carbocycles. The fraction of sp³-hybridized carbons (Fsp3) is 0.571. The number of hydrogen-bond donors (Lipinski definition) is 0. The van der Waals surface area contributed by atoms with Gasteiger partial charge in [0.15, 0.2) is 5.69 Å². The zero-order chi connectivity index (χ0) is 19.6. The summed E-state index contributed by atoms with van der Waals surface area (Å²) in [5.74, 6) is 0.201. The smallest absolute Gasteiger partial charge is 0.275 e. The quantitative estimate of drug-likeness (QED) is 0.810. The van der Waals surface area contributed by atoms with E-state index in [-0.39, 0.29) is 23.7 Å². The van der Waals surface area contributed by atoms with Gasteiger partial charge in [0.25, 0.3) is 11.5 Å². The average molecular weight is 371 g/mol. The SMILES string of the molecule is CCCC[C@@H]1CN(C(=O)c2nn(C)c(=O)c3ccccc23)C[C@H](C(C)C)O1. The van der Waals surface area contributed by atoms with Crippen molar-refractivity contribution < 1.29 is 9.53 Å². The van der Waals surface area contributed by atoms with E-state index < -0.39 is 0 Å². The number of ether oxygens (including phenoxy) is 1. The minimum absolute atomic E-state index is 0.0170. The summed E-state index contributed by atoms with van der Waals surface area (Å²) < 4.78 is 7.48. The number of carbonyl (C=O) groups is 1. The second kappa shape index (κ2) is 8.21. The van der Waals surface area contributed by atoms with Crippen molar-refractivity contribution >= 4 is 16.7 Å². The van der Waals surface area contributed by atoms with Crippen LogP contribution in [0.2, 0.25) is 0 Å². The van der Waals surface area contributed by atoms with Gasteiger partial charge in [-0.3, -0.25) is 9.59 Å². The average Bonchev–Trinajstić information content (AvgIpc) is 2.68. The number of benzene rings is 1. The minimum Gasteiger partial charge on any atom is -0.371 e. The number of carbonyl (C=O) groups excluding carboxylic acids is 1. The number of morpholine rings is 1. The van der Waals surface area contributed by atoms with E-state index in [1.807, 2.05) is 17.0 Å². The number of fused-ring (bicyclic) bond motifs is 1. The monoisotopic (exact) mass is 371 g/mol. The number of rotatable bonds is 5. The molecule has 1 aromatic carbocycles. The molecule has 0 aliphatic carbocycles. The van der Waals surface area contributed by atoms with Crippen molar-refractivity contribution in [3.05, 3.63) is 40.3 Å². The molecule has 0 bridgehead atoms. The van der Waals surface area contributed by atoms with Gasteiger partial charge in [0, 0.05) is 25.5 Å². The maximum Gasteiger partial charge on any atom is 0.275 e.